The van der Waals surface area contributed by atoms with Crippen molar-refractivity contribution in [2.75, 3.05) is 6.54 Å². The summed E-state index contributed by atoms with van der Waals surface area (Å²) in [5.74, 6) is 0.0505. The third kappa shape index (κ3) is 5.60. The maximum Gasteiger partial charge on any atom is 0.303 e. The Labute approximate surface area is 209 Å². The van der Waals surface area contributed by atoms with E-state index in [0.717, 1.165) is 22.7 Å². The van der Waals surface area contributed by atoms with Crippen LogP contribution in [-0.4, -0.2) is 44.6 Å². The predicted octanol–water partition coefficient (Wildman–Crippen LogP) is 4.48. The number of hydrogen-bond acceptors (Lipinski definition) is 5. The highest BCUT2D eigenvalue weighted by Gasteiger charge is 2.41. The van der Waals surface area contributed by atoms with Crippen LogP contribution in [0.1, 0.15) is 18.9 Å². The molecule has 1 aliphatic heterocycles. The molecule has 1 amide bonds. The van der Waals surface area contributed by atoms with Crippen LogP contribution in [0.5, 0.6) is 11.6 Å². The van der Waals surface area contributed by atoms with Crippen molar-refractivity contribution in [2.45, 2.75) is 32.1 Å². The number of aromatic nitrogens is 2. The molecule has 3 atom stereocenters. The minimum absolute atomic E-state index is 0. The summed E-state index contributed by atoms with van der Waals surface area (Å²) in [4.78, 5) is 34.9. The van der Waals surface area contributed by atoms with Crippen molar-refractivity contribution in [1.82, 2.24) is 14.9 Å². The van der Waals surface area contributed by atoms with E-state index in [2.05, 4.69) is 14.8 Å². The van der Waals surface area contributed by atoms with E-state index in [1.54, 1.807) is 19.1 Å². The molecule has 1 unspecified atom stereocenters. The summed E-state index contributed by atoms with van der Waals surface area (Å²) in [6, 6.07) is 8.11. The quantitative estimate of drug-likeness (QED) is 0.302. The van der Waals surface area contributed by atoms with Crippen LogP contribution in [0.3, 0.4) is 0 Å². The Hall–Kier alpha value is -3.30. The first-order valence-corrected chi connectivity index (χ1v) is 10.0. The Balaban J connectivity index is 0.00000204. The second-order valence-electron chi connectivity index (χ2n) is 7.77. The lowest BCUT2D eigenvalue weighted by Gasteiger charge is -2.20. The summed E-state index contributed by atoms with van der Waals surface area (Å²) in [7, 11) is 0. The molecular formula is C22H24FN5O4S2. The van der Waals surface area contributed by atoms with Gasteiger partial charge in [-0.25, -0.2) is 15.9 Å². The number of amides is 1. The average molecular weight is 506 g/mol. The molecule has 180 valence electrons. The number of nitrogens with zero attached hydrogens (tertiary/aromatic N) is 4. The number of ether oxygens (including phenoxy) is 1. The van der Waals surface area contributed by atoms with Crippen LogP contribution in [0.4, 0.5) is 10.1 Å². The lowest BCUT2D eigenvalue weighted by Crippen LogP contribution is -2.38. The molecule has 4 rings (SSSR count). The summed E-state index contributed by atoms with van der Waals surface area (Å²) in [5, 5.41) is 11.6. The Morgan fingerprint density at radius 2 is 2.18 bits per heavy atom. The number of carbonyl (C=O) groups is 1. The maximum absolute atomic E-state index is 13.7. The number of likely N-dealkylation sites (tertiary alicyclic amines) is 1. The van der Waals surface area contributed by atoms with E-state index < -0.39 is 23.2 Å². The predicted molar refractivity (Wildman–Crippen MR) is 135 cm³/mol. The van der Waals surface area contributed by atoms with Gasteiger partial charge in [0.05, 0.1) is 17.9 Å². The summed E-state index contributed by atoms with van der Waals surface area (Å²) in [5.41, 5.74) is 1.61. The molecule has 0 spiro atoms. The summed E-state index contributed by atoms with van der Waals surface area (Å²) in [6.45, 7) is 8.95. The normalized spacial score (nSPS) is 17.9. The second kappa shape index (κ2) is 11.2. The van der Waals surface area contributed by atoms with E-state index in [9.17, 15) is 19.3 Å². The topological polar surface area (TPSA) is 106 Å². The van der Waals surface area contributed by atoms with E-state index in [4.69, 9.17) is 11.3 Å². The molecule has 0 aliphatic carbocycles. The number of aromatic amines is 1. The van der Waals surface area contributed by atoms with Gasteiger partial charge in [0, 0.05) is 35.2 Å². The fourth-order valence-corrected chi connectivity index (χ4v) is 3.88. The lowest BCUT2D eigenvalue weighted by atomic mass is 9.99. The van der Waals surface area contributed by atoms with Gasteiger partial charge >= 0.3 is 6.17 Å². The number of carbonyl (C=O) groups excluding carboxylic acids is 1. The second-order valence-corrected chi connectivity index (χ2v) is 7.77. The number of fused-ring (bicyclic) bond motifs is 1. The van der Waals surface area contributed by atoms with Crippen molar-refractivity contribution in [3.05, 3.63) is 69.8 Å². The third-order valence-electron chi connectivity index (χ3n) is 5.49. The summed E-state index contributed by atoms with van der Waals surface area (Å²) < 4.78 is 19.4. The molecule has 2 aromatic heterocycles. The highest BCUT2D eigenvalue weighted by molar-refractivity contribution is 7.59. The number of rotatable bonds is 6. The minimum atomic E-state index is -1.16. The average Bonchev–Trinajstić information content (AvgIpc) is 3.36. The molecule has 12 heteroatoms. The van der Waals surface area contributed by atoms with Gasteiger partial charge < -0.3 is 9.72 Å². The van der Waals surface area contributed by atoms with Gasteiger partial charge in [0.15, 0.2) is 0 Å². The number of pyridine rings is 1. The van der Waals surface area contributed by atoms with Crippen LogP contribution >= 0.6 is 27.0 Å². The molecule has 1 saturated heterocycles. The Morgan fingerprint density at radius 3 is 2.82 bits per heavy atom. The number of nitro groups is 1. The van der Waals surface area contributed by atoms with Gasteiger partial charge in [-0.1, -0.05) is 6.92 Å². The molecule has 0 radical (unpaired) electrons. The molecule has 1 N–H and O–H groups in total. The zero-order valence-electron chi connectivity index (χ0n) is 18.2. The first kappa shape index (κ1) is 26.9. The molecule has 3 aromatic rings. The summed E-state index contributed by atoms with van der Waals surface area (Å²) >= 11 is 0. The van der Waals surface area contributed by atoms with Gasteiger partial charge in [-0.3, -0.25) is 24.7 Å². The number of alkyl halides is 1. The SMILES string of the molecule is S.S.[C-]#[N+][C@@H]1CC(F)CN1C(=O)[C@@H](C)Cc1c[nH]c2ccc(Oc3ccc([N+](=O)[O-])cn3)cc12. The van der Waals surface area contributed by atoms with Gasteiger partial charge in [-0.15, -0.1) is 0 Å². The van der Waals surface area contributed by atoms with Crippen LogP contribution in [-0.2, 0) is 11.2 Å². The van der Waals surface area contributed by atoms with Gasteiger partial charge in [-0.05, 0) is 30.2 Å². The Morgan fingerprint density at radius 1 is 1.41 bits per heavy atom. The number of hydrogen-bond donors (Lipinski definition) is 1. The molecule has 34 heavy (non-hydrogen) atoms. The van der Waals surface area contributed by atoms with E-state index in [1.165, 1.54) is 17.0 Å². The van der Waals surface area contributed by atoms with E-state index in [1.807, 2.05) is 12.3 Å². The van der Waals surface area contributed by atoms with Gasteiger partial charge in [0.1, 0.15) is 18.1 Å². The van der Waals surface area contributed by atoms with Crippen molar-refractivity contribution < 1.29 is 18.8 Å². The van der Waals surface area contributed by atoms with Gasteiger partial charge in [-0.2, -0.15) is 27.0 Å². The molecule has 1 aromatic carbocycles. The number of halogens is 1. The first-order valence-electron chi connectivity index (χ1n) is 10.0. The van der Waals surface area contributed by atoms with Crippen molar-refractivity contribution in [3.63, 3.8) is 0 Å². The Kier molecular flexibility index (Phi) is 8.89. The smallest absolute Gasteiger partial charge is 0.303 e. The van der Waals surface area contributed by atoms with E-state index in [0.29, 0.717) is 12.2 Å². The largest absolute Gasteiger partial charge is 0.439 e. The molecule has 9 nitrogen and oxygen atoms in total. The van der Waals surface area contributed by atoms with Crippen LogP contribution in [0, 0.1) is 22.6 Å². The zero-order chi connectivity index (χ0) is 22.8. The molecule has 3 heterocycles. The highest BCUT2D eigenvalue weighted by atomic mass is 32.1. The minimum Gasteiger partial charge on any atom is -0.439 e. The van der Waals surface area contributed by atoms with Crippen LogP contribution < -0.4 is 4.74 Å². The van der Waals surface area contributed by atoms with Crippen molar-refractivity contribution in [2.24, 2.45) is 5.92 Å². The van der Waals surface area contributed by atoms with Crippen molar-refractivity contribution in [3.8, 4) is 11.6 Å². The van der Waals surface area contributed by atoms with Gasteiger partial charge in [0.2, 0.25) is 11.8 Å². The molecule has 0 bridgehead atoms. The molecule has 1 fully saturated rings. The Bertz CT molecular complexity index is 1210. The zero-order valence-corrected chi connectivity index (χ0v) is 20.2. The fourth-order valence-electron chi connectivity index (χ4n) is 3.88. The first-order chi connectivity index (χ1) is 15.4. The third-order valence-corrected chi connectivity index (χ3v) is 5.49. The molecule has 1 aliphatic rings. The fraction of sp³-hybridized carbons (Fsp3) is 0.318. The van der Waals surface area contributed by atoms with Crippen molar-refractivity contribution >= 4 is 49.5 Å². The van der Waals surface area contributed by atoms with E-state index >= 15 is 0 Å². The monoisotopic (exact) mass is 505 g/mol. The van der Waals surface area contributed by atoms with Crippen LogP contribution in [0.2, 0.25) is 0 Å². The van der Waals surface area contributed by atoms with Crippen molar-refractivity contribution in [1.29, 1.82) is 0 Å². The van der Waals surface area contributed by atoms with Crippen LogP contribution in [0.25, 0.3) is 15.7 Å². The number of nitrogens with one attached hydrogen (secondary N) is 1. The van der Waals surface area contributed by atoms with Crippen LogP contribution in [0.15, 0.2) is 42.7 Å². The molecule has 0 saturated carbocycles. The standard InChI is InChI=1S/C22H20FN5O4.2H2S/c1-13(22(29)27-12-15(23)8-20(27)24-2)7-14-10-25-19-5-4-17(9-18(14)19)32-21-6-3-16(11-26-21)28(30)31;;/h3-6,9-11,13,15,20,25H,7-8,12H2,1H3;2*1H2/t13-,15?,20-;;/m0../s1. The maximum atomic E-state index is 13.7. The van der Waals surface area contributed by atoms with Gasteiger partial charge in [0.25, 0.3) is 5.69 Å². The lowest BCUT2D eigenvalue weighted by molar-refractivity contribution is -0.385. The summed E-state index contributed by atoms with van der Waals surface area (Å²) in [6.07, 6.45) is 1.52. The van der Waals surface area contributed by atoms with E-state index in [-0.39, 0.29) is 57.4 Å². The highest BCUT2D eigenvalue weighted by Crippen LogP contribution is 2.30. The molecular weight excluding hydrogens is 481 g/mol. The number of benzene rings is 1. The number of H-pyrrole nitrogens is 1.